The van der Waals surface area contributed by atoms with E-state index in [0.717, 1.165) is 32.8 Å². The van der Waals surface area contributed by atoms with Crippen LogP contribution in [0.1, 0.15) is 43.2 Å². The van der Waals surface area contributed by atoms with Gasteiger partial charge in [-0.15, -0.1) is 0 Å². The summed E-state index contributed by atoms with van der Waals surface area (Å²) in [6.45, 7) is 9.90. The molecular formula is C21H33N3O. The molecule has 0 saturated carbocycles. The van der Waals surface area contributed by atoms with Crippen LogP contribution in [-0.2, 0) is 4.74 Å². The first-order chi connectivity index (χ1) is 12.2. The molecule has 25 heavy (non-hydrogen) atoms. The average Bonchev–Trinajstić information content (AvgIpc) is 3.01. The maximum Gasteiger partial charge on any atom is 0.0723 e. The summed E-state index contributed by atoms with van der Waals surface area (Å²) in [4.78, 5) is 2.57. The van der Waals surface area contributed by atoms with Crippen molar-refractivity contribution in [3.63, 3.8) is 0 Å². The Morgan fingerprint density at radius 3 is 2.64 bits per heavy atom. The van der Waals surface area contributed by atoms with Crippen molar-refractivity contribution in [1.29, 1.82) is 0 Å². The fraction of sp³-hybridized carbons (Fsp3) is 0.714. The van der Waals surface area contributed by atoms with E-state index in [0.29, 0.717) is 12.1 Å². The Hall–Kier alpha value is -1.10. The van der Waals surface area contributed by atoms with Crippen molar-refractivity contribution in [1.82, 2.24) is 10.6 Å². The fourth-order valence-corrected chi connectivity index (χ4v) is 4.88. The first kappa shape index (κ1) is 17.3. The molecule has 0 amide bonds. The van der Waals surface area contributed by atoms with Gasteiger partial charge in [0.1, 0.15) is 0 Å². The van der Waals surface area contributed by atoms with Crippen molar-refractivity contribution in [2.45, 2.75) is 63.6 Å². The lowest BCUT2D eigenvalue weighted by Gasteiger charge is -2.36. The van der Waals surface area contributed by atoms with Gasteiger partial charge in [-0.2, -0.15) is 0 Å². The van der Waals surface area contributed by atoms with Crippen LogP contribution in [0.5, 0.6) is 0 Å². The number of hydrogen-bond acceptors (Lipinski definition) is 4. The Balaban J connectivity index is 1.29. The smallest absolute Gasteiger partial charge is 0.0723 e. The summed E-state index contributed by atoms with van der Waals surface area (Å²) in [5.74, 6) is 0. The monoisotopic (exact) mass is 343 g/mol. The van der Waals surface area contributed by atoms with Gasteiger partial charge in [0.15, 0.2) is 0 Å². The summed E-state index contributed by atoms with van der Waals surface area (Å²) in [5, 5.41) is 7.37. The molecule has 1 spiro atoms. The number of rotatable bonds is 3. The number of piperidine rings is 2. The van der Waals surface area contributed by atoms with Gasteiger partial charge < -0.3 is 20.3 Å². The maximum absolute atomic E-state index is 6.24. The van der Waals surface area contributed by atoms with E-state index in [1.54, 1.807) is 0 Å². The zero-order valence-electron chi connectivity index (χ0n) is 15.8. The largest absolute Gasteiger partial charge is 0.373 e. The van der Waals surface area contributed by atoms with E-state index >= 15 is 0 Å². The third-order valence-electron chi connectivity index (χ3n) is 6.61. The molecule has 3 fully saturated rings. The zero-order valence-corrected chi connectivity index (χ0v) is 15.8. The molecule has 3 aliphatic heterocycles. The van der Waals surface area contributed by atoms with Gasteiger partial charge in [-0.1, -0.05) is 12.1 Å². The quantitative estimate of drug-likeness (QED) is 0.885. The van der Waals surface area contributed by atoms with Crippen molar-refractivity contribution in [3.8, 4) is 0 Å². The van der Waals surface area contributed by atoms with Crippen LogP contribution < -0.4 is 15.5 Å². The van der Waals surface area contributed by atoms with E-state index in [1.165, 1.54) is 48.9 Å². The predicted octanol–water partition coefficient (Wildman–Crippen LogP) is 2.77. The summed E-state index contributed by atoms with van der Waals surface area (Å²) in [6.07, 6.45) is 6.02. The lowest BCUT2D eigenvalue weighted by atomic mass is 9.88. The molecule has 0 aromatic heterocycles. The van der Waals surface area contributed by atoms with Crippen molar-refractivity contribution in [2.75, 3.05) is 37.7 Å². The minimum absolute atomic E-state index is 0.169. The van der Waals surface area contributed by atoms with Gasteiger partial charge >= 0.3 is 0 Å². The van der Waals surface area contributed by atoms with Crippen LogP contribution in [0.15, 0.2) is 18.2 Å². The highest BCUT2D eigenvalue weighted by Gasteiger charge is 2.41. The van der Waals surface area contributed by atoms with Gasteiger partial charge in [-0.3, -0.25) is 0 Å². The molecule has 3 aliphatic rings. The summed E-state index contributed by atoms with van der Waals surface area (Å²) in [6, 6.07) is 7.88. The van der Waals surface area contributed by atoms with Crippen LogP contribution in [0.25, 0.3) is 0 Å². The second kappa shape index (κ2) is 7.26. The topological polar surface area (TPSA) is 36.5 Å². The molecule has 3 heterocycles. The molecule has 0 radical (unpaired) electrons. The van der Waals surface area contributed by atoms with Crippen LogP contribution in [0.3, 0.4) is 0 Å². The molecule has 138 valence electrons. The lowest BCUT2D eigenvalue weighted by Crippen LogP contribution is -2.47. The second-order valence-corrected chi connectivity index (χ2v) is 8.29. The van der Waals surface area contributed by atoms with Crippen molar-refractivity contribution < 1.29 is 4.74 Å². The van der Waals surface area contributed by atoms with Crippen LogP contribution >= 0.6 is 0 Å². The molecule has 2 N–H and O–H groups in total. The third-order valence-corrected chi connectivity index (χ3v) is 6.61. The minimum Gasteiger partial charge on any atom is -0.373 e. The molecule has 1 aromatic carbocycles. The van der Waals surface area contributed by atoms with E-state index < -0.39 is 0 Å². The molecule has 3 saturated heterocycles. The van der Waals surface area contributed by atoms with Gasteiger partial charge in [0.25, 0.3) is 0 Å². The number of benzene rings is 1. The summed E-state index contributed by atoms with van der Waals surface area (Å²) in [7, 11) is 0. The average molecular weight is 344 g/mol. The molecule has 0 bridgehead atoms. The summed E-state index contributed by atoms with van der Waals surface area (Å²) in [5.41, 5.74) is 4.43. The Bertz CT molecular complexity index is 589. The predicted molar refractivity (Wildman–Crippen MR) is 103 cm³/mol. The van der Waals surface area contributed by atoms with E-state index in [4.69, 9.17) is 4.74 Å². The zero-order chi connectivity index (χ0) is 17.3. The first-order valence-electron chi connectivity index (χ1n) is 10.1. The van der Waals surface area contributed by atoms with Gasteiger partial charge in [0, 0.05) is 30.9 Å². The van der Waals surface area contributed by atoms with Crippen molar-refractivity contribution >= 4 is 5.69 Å². The second-order valence-electron chi connectivity index (χ2n) is 8.29. The highest BCUT2D eigenvalue weighted by Crippen LogP contribution is 2.34. The van der Waals surface area contributed by atoms with Crippen LogP contribution in [0.4, 0.5) is 5.69 Å². The Labute approximate surface area is 152 Å². The molecule has 1 atom stereocenters. The minimum atomic E-state index is 0.169. The fourth-order valence-electron chi connectivity index (χ4n) is 4.88. The standard InChI is InChI=1S/C21H33N3O/c1-16-4-3-5-20(17(16)2)24-12-6-18(7-13-24)23-19-14-21(25-15-19)8-10-22-11-9-21/h3-5,18-19,22-23H,6-15H2,1-2H3. The molecule has 4 nitrogen and oxygen atoms in total. The molecule has 4 heteroatoms. The van der Waals surface area contributed by atoms with Crippen LogP contribution in [0.2, 0.25) is 0 Å². The Morgan fingerprint density at radius 1 is 1.12 bits per heavy atom. The third kappa shape index (κ3) is 3.71. The first-order valence-corrected chi connectivity index (χ1v) is 10.1. The number of nitrogens with one attached hydrogen (secondary N) is 2. The van der Waals surface area contributed by atoms with Crippen molar-refractivity contribution in [2.24, 2.45) is 0 Å². The van der Waals surface area contributed by atoms with Crippen molar-refractivity contribution in [3.05, 3.63) is 29.3 Å². The molecule has 0 aliphatic carbocycles. The number of aryl methyl sites for hydroxylation is 1. The van der Waals surface area contributed by atoms with Gasteiger partial charge in [-0.25, -0.2) is 0 Å². The lowest BCUT2D eigenvalue weighted by molar-refractivity contribution is -0.0194. The van der Waals surface area contributed by atoms with Gasteiger partial charge in [-0.05, 0) is 76.2 Å². The molecule has 1 unspecified atom stereocenters. The van der Waals surface area contributed by atoms with E-state index in [-0.39, 0.29) is 5.60 Å². The highest BCUT2D eigenvalue weighted by molar-refractivity contribution is 5.56. The number of anilines is 1. The normalized spacial score (nSPS) is 27.1. The number of hydrogen-bond donors (Lipinski definition) is 2. The number of ether oxygens (including phenoxy) is 1. The Kier molecular flexibility index (Phi) is 5.03. The van der Waals surface area contributed by atoms with Crippen LogP contribution in [-0.4, -0.2) is 50.5 Å². The molecule has 1 aromatic rings. The summed E-state index contributed by atoms with van der Waals surface area (Å²) >= 11 is 0. The maximum atomic E-state index is 6.24. The Morgan fingerprint density at radius 2 is 1.88 bits per heavy atom. The van der Waals surface area contributed by atoms with Crippen LogP contribution in [0, 0.1) is 13.8 Å². The van der Waals surface area contributed by atoms with E-state index in [1.807, 2.05) is 0 Å². The van der Waals surface area contributed by atoms with E-state index in [9.17, 15) is 0 Å². The number of nitrogens with zero attached hydrogens (tertiary/aromatic N) is 1. The van der Waals surface area contributed by atoms with Gasteiger partial charge in [0.05, 0.1) is 12.2 Å². The highest BCUT2D eigenvalue weighted by atomic mass is 16.5. The molecule has 4 rings (SSSR count). The summed E-state index contributed by atoms with van der Waals surface area (Å²) < 4.78 is 6.24. The SMILES string of the molecule is Cc1cccc(N2CCC(NC3COC4(CCNCC4)C3)CC2)c1C. The van der Waals surface area contributed by atoms with Gasteiger partial charge in [0.2, 0.25) is 0 Å². The molecular weight excluding hydrogens is 310 g/mol. The van der Waals surface area contributed by atoms with E-state index in [2.05, 4.69) is 47.6 Å².